The van der Waals surface area contributed by atoms with Crippen LogP contribution in [0.15, 0.2) is 24.3 Å². The van der Waals surface area contributed by atoms with Crippen LogP contribution in [0.3, 0.4) is 0 Å². The molecule has 1 aliphatic rings. The molecule has 0 amide bonds. The highest BCUT2D eigenvalue weighted by Gasteiger charge is 2.16. The van der Waals surface area contributed by atoms with Crippen molar-refractivity contribution in [1.82, 2.24) is 10.6 Å². The van der Waals surface area contributed by atoms with E-state index in [-0.39, 0.29) is 0 Å². The van der Waals surface area contributed by atoms with Gasteiger partial charge >= 0.3 is 0 Å². The first-order chi connectivity index (χ1) is 7.75. The average molecular weight is 218 g/mol. The van der Waals surface area contributed by atoms with Gasteiger partial charge in [-0.1, -0.05) is 38.1 Å². The van der Waals surface area contributed by atoms with Crippen molar-refractivity contribution in [3.8, 4) is 0 Å². The Kier molecular flexibility index (Phi) is 3.97. The summed E-state index contributed by atoms with van der Waals surface area (Å²) in [5.74, 6) is 0.732. The second-order valence-corrected chi connectivity index (χ2v) is 5.10. The number of fused-ring (bicyclic) bond motifs is 1. The van der Waals surface area contributed by atoms with Crippen molar-refractivity contribution in [2.45, 2.75) is 32.9 Å². The summed E-state index contributed by atoms with van der Waals surface area (Å²) in [4.78, 5) is 0. The second kappa shape index (κ2) is 5.46. The van der Waals surface area contributed by atoms with Crippen molar-refractivity contribution in [3.05, 3.63) is 35.4 Å². The van der Waals surface area contributed by atoms with Gasteiger partial charge < -0.3 is 10.6 Å². The molecule has 0 radical (unpaired) electrons. The molecule has 2 nitrogen and oxygen atoms in total. The first kappa shape index (κ1) is 11.6. The highest BCUT2D eigenvalue weighted by atomic mass is 15.0. The minimum Gasteiger partial charge on any atom is -0.315 e. The third-order valence-electron chi connectivity index (χ3n) is 3.11. The van der Waals surface area contributed by atoms with E-state index in [1.165, 1.54) is 11.1 Å². The lowest BCUT2D eigenvalue weighted by molar-refractivity contribution is 0.431. The molecule has 0 bridgehead atoms. The van der Waals surface area contributed by atoms with Crippen LogP contribution >= 0.6 is 0 Å². The van der Waals surface area contributed by atoms with Gasteiger partial charge in [-0.25, -0.2) is 0 Å². The summed E-state index contributed by atoms with van der Waals surface area (Å²) in [6.45, 7) is 7.70. The molecule has 0 aliphatic carbocycles. The molecule has 0 saturated heterocycles. The number of rotatable bonds is 4. The van der Waals surface area contributed by atoms with Gasteiger partial charge in [0.25, 0.3) is 0 Å². The normalized spacial score (nSPS) is 19.8. The molecule has 1 aliphatic heterocycles. The zero-order valence-electron chi connectivity index (χ0n) is 10.3. The van der Waals surface area contributed by atoms with E-state index >= 15 is 0 Å². The van der Waals surface area contributed by atoms with Gasteiger partial charge in [0.1, 0.15) is 0 Å². The topological polar surface area (TPSA) is 24.1 Å². The van der Waals surface area contributed by atoms with E-state index in [1.807, 2.05) is 0 Å². The number of hydrogen-bond donors (Lipinski definition) is 2. The molecule has 1 atom stereocenters. The Balaban J connectivity index is 1.83. The molecule has 0 saturated carbocycles. The van der Waals surface area contributed by atoms with E-state index in [0.717, 1.165) is 32.0 Å². The van der Waals surface area contributed by atoms with Crippen LogP contribution in [0.4, 0.5) is 0 Å². The summed E-state index contributed by atoms with van der Waals surface area (Å²) < 4.78 is 0. The predicted molar refractivity (Wildman–Crippen MR) is 68.5 cm³/mol. The third-order valence-corrected chi connectivity index (χ3v) is 3.11. The molecule has 0 spiro atoms. The van der Waals surface area contributed by atoms with Crippen LogP contribution in [0, 0.1) is 5.92 Å². The SMILES string of the molecule is CC(C)CNCC1Cc2ccccc2CN1. The lowest BCUT2D eigenvalue weighted by Crippen LogP contribution is -2.43. The summed E-state index contributed by atoms with van der Waals surface area (Å²) >= 11 is 0. The molecule has 1 aromatic carbocycles. The molecule has 0 aromatic heterocycles. The largest absolute Gasteiger partial charge is 0.315 e. The number of nitrogens with one attached hydrogen (secondary N) is 2. The molecular formula is C14H22N2. The Morgan fingerprint density at radius 3 is 2.81 bits per heavy atom. The summed E-state index contributed by atoms with van der Waals surface area (Å²) in [5.41, 5.74) is 2.97. The predicted octanol–water partition coefficient (Wildman–Crippen LogP) is 1.95. The van der Waals surface area contributed by atoms with E-state index in [2.05, 4.69) is 48.7 Å². The minimum absolute atomic E-state index is 0.591. The molecule has 88 valence electrons. The van der Waals surface area contributed by atoms with E-state index in [1.54, 1.807) is 0 Å². The molecule has 1 heterocycles. The van der Waals surface area contributed by atoms with Crippen LogP contribution in [-0.4, -0.2) is 19.1 Å². The smallest absolute Gasteiger partial charge is 0.0236 e. The van der Waals surface area contributed by atoms with Crippen molar-refractivity contribution in [1.29, 1.82) is 0 Å². The number of benzene rings is 1. The fourth-order valence-corrected chi connectivity index (χ4v) is 2.21. The monoisotopic (exact) mass is 218 g/mol. The van der Waals surface area contributed by atoms with Crippen molar-refractivity contribution in [3.63, 3.8) is 0 Å². The summed E-state index contributed by atoms with van der Waals surface area (Å²) in [6, 6.07) is 9.33. The highest BCUT2D eigenvalue weighted by Crippen LogP contribution is 2.15. The second-order valence-electron chi connectivity index (χ2n) is 5.10. The molecule has 2 heteroatoms. The van der Waals surface area contributed by atoms with Crippen LogP contribution in [0.2, 0.25) is 0 Å². The maximum Gasteiger partial charge on any atom is 0.0236 e. The van der Waals surface area contributed by atoms with Crippen molar-refractivity contribution < 1.29 is 0 Å². The van der Waals surface area contributed by atoms with E-state index in [0.29, 0.717) is 6.04 Å². The molecule has 2 rings (SSSR count). The molecule has 2 N–H and O–H groups in total. The van der Waals surface area contributed by atoms with Gasteiger partial charge in [0.2, 0.25) is 0 Å². The zero-order chi connectivity index (χ0) is 11.4. The van der Waals surface area contributed by atoms with Gasteiger partial charge in [-0.15, -0.1) is 0 Å². The average Bonchev–Trinajstić information content (AvgIpc) is 2.28. The van der Waals surface area contributed by atoms with Crippen LogP contribution < -0.4 is 10.6 Å². The summed E-state index contributed by atoms with van der Waals surface area (Å²) in [5, 5.41) is 7.11. The van der Waals surface area contributed by atoms with Crippen molar-refractivity contribution >= 4 is 0 Å². The maximum atomic E-state index is 3.59. The Morgan fingerprint density at radius 1 is 1.31 bits per heavy atom. The van der Waals surface area contributed by atoms with Crippen LogP contribution in [0.25, 0.3) is 0 Å². The fourth-order valence-electron chi connectivity index (χ4n) is 2.21. The maximum absolute atomic E-state index is 3.59. The summed E-state index contributed by atoms with van der Waals surface area (Å²) in [6.07, 6.45) is 1.15. The highest BCUT2D eigenvalue weighted by molar-refractivity contribution is 5.29. The minimum atomic E-state index is 0.591. The van der Waals surface area contributed by atoms with E-state index in [4.69, 9.17) is 0 Å². The molecular weight excluding hydrogens is 196 g/mol. The van der Waals surface area contributed by atoms with Gasteiger partial charge in [-0.3, -0.25) is 0 Å². The quantitative estimate of drug-likeness (QED) is 0.807. The third kappa shape index (κ3) is 3.06. The lowest BCUT2D eigenvalue weighted by atomic mass is 9.96. The zero-order valence-corrected chi connectivity index (χ0v) is 10.3. The van der Waals surface area contributed by atoms with Crippen molar-refractivity contribution in [2.24, 2.45) is 5.92 Å². The standard InChI is InChI=1S/C14H22N2/c1-11(2)8-15-10-14-7-12-5-3-4-6-13(12)9-16-14/h3-6,11,14-16H,7-10H2,1-2H3. The molecule has 16 heavy (non-hydrogen) atoms. The summed E-state index contributed by atoms with van der Waals surface area (Å²) in [7, 11) is 0. The van der Waals surface area contributed by atoms with Crippen molar-refractivity contribution in [2.75, 3.05) is 13.1 Å². The lowest BCUT2D eigenvalue weighted by Gasteiger charge is -2.26. The first-order valence-corrected chi connectivity index (χ1v) is 6.26. The fraction of sp³-hybridized carbons (Fsp3) is 0.571. The Bertz CT molecular complexity index is 333. The number of hydrogen-bond acceptors (Lipinski definition) is 2. The van der Waals surface area contributed by atoms with E-state index in [9.17, 15) is 0 Å². The van der Waals surface area contributed by atoms with Gasteiger partial charge in [-0.2, -0.15) is 0 Å². The Labute approximate surface area is 98.4 Å². The Morgan fingerprint density at radius 2 is 2.06 bits per heavy atom. The van der Waals surface area contributed by atoms with Gasteiger partial charge in [0.15, 0.2) is 0 Å². The Hall–Kier alpha value is -0.860. The molecule has 0 fully saturated rings. The van der Waals surface area contributed by atoms with Gasteiger partial charge in [0, 0.05) is 19.1 Å². The molecule has 1 unspecified atom stereocenters. The van der Waals surface area contributed by atoms with Crippen LogP contribution in [0.1, 0.15) is 25.0 Å². The van der Waals surface area contributed by atoms with Gasteiger partial charge in [0.05, 0.1) is 0 Å². The van der Waals surface area contributed by atoms with E-state index < -0.39 is 0 Å². The van der Waals surface area contributed by atoms with Crippen LogP contribution in [-0.2, 0) is 13.0 Å². The first-order valence-electron chi connectivity index (χ1n) is 6.26. The molecule has 1 aromatic rings. The van der Waals surface area contributed by atoms with Gasteiger partial charge in [-0.05, 0) is 30.0 Å². The van der Waals surface area contributed by atoms with Crippen LogP contribution in [0.5, 0.6) is 0 Å².